The molecular formula is C33H48N6O5. The van der Waals surface area contributed by atoms with Crippen molar-refractivity contribution in [2.24, 2.45) is 0 Å². The van der Waals surface area contributed by atoms with Crippen LogP contribution in [0, 0.1) is 0 Å². The Kier molecular flexibility index (Phi) is 12.0. The number of rotatable bonds is 9. The number of nitrogens with zero attached hydrogens (tertiary/aromatic N) is 1. The van der Waals surface area contributed by atoms with Crippen molar-refractivity contribution in [2.75, 3.05) is 40.8 Å². The lowest BCUT2D eigenvalue weighted by atomic mass is 9.95. The SMILES string of the molecule is CNCCC[C@@H]1NC(=O)[C@@H](NC)Cc2cc(ccc2O)-c2ccc(O)c(c2)C[C@@H](C(=O)NCCC2CCCCN2C)NC1=O. The number of likely N-dealkylation sites (tertiary alicyclic amines) is 1. The minimum atomic E-state index is -0.975. The van der Waals surface area contributed by atoms with E-state index in [1.807, 2.05) is 13.1 Å². The van der Waals surface area contributed by atoms with E-state index in [0.29, 0.717) is 43.1 Å². The second-order valence-corrected chi connectivity index (χ2v) is 12.0. The minimum Gasteiger partial charge on any atom is -0.508 e. The smallest absolute Gasteiger partial charge is 0.243 e. The molecular weight excluding hydrogens is 560 g/mol. The maximum absolute atomic E-state index is 13.7. The largest absolute Gasteiger partial charge is 0.508 e. The summed E-state index contributed by atoms with van der Waals surface area (Å²) < 4.78 is 0. The van der Waals surface area contributed by atoms with Crippen LogP contribution >= 0.6 is 0 Å². The molecule has 1 fully saturated rings. The van der Waals surface area contributed by atoms with Crippen molar-refractivity contribution in [3.8, 4) is 22.6 Å². The molecule has 3 amide bonds. The van der Waals surface area contributed by atoms with Gasteiger partial charge in [-0.1, -0.05) is 18.6 Å². The average Bonchev–Trinajstić information content (AvgIpc) is 3.01. The maximum atomic E-state index is 13.7. The number of fused-ring (bicyclic) bond motifs is 5. The van der Waals surface area contributed by atoms with Crippen LogP contribution in [-0.2, 0) is 27.2 Å². The van der Waals surface area contributed by atoms with Crippen LogP contribution in [0.25, 0.3) is 11.1 Å². The van der Waals surface area contributed by atoms with Crippen molar-refractivity contribution < 1.29 is 24.6 Å². The summed E-state index contributed by atoms with van der Waals surface area (Å²) in [5.74, 6) is -1.11. The Hall–Kier alpha value is -3.67. The number of phenols is 2. The highest BCUT2D eigenvalue weighted by atomic mass is 16.3. The summed E-state index contributed by atoms with van der Waals surface area (Å²) in [5, 5.41) is 36.3. The van der Waals surface area contributed by atoms with Gasteiger partial charge in [-0.25, -0.2) is 0 Å². The molecule has 0 radical (unpaired) electrons. The fourth-order valence-corrected chi connectivity index (χ4v) is 6.12. The van der Waals surface area contributed by atoms with Gasteiger partial charge in [0.05, 0.1) is 6.04 Å². The van der Waals surface area contributed by atoms with E-state index >= 15 is 0 Å². The zero-order valence-corrected chi connectivity index (χ0v) is 26.1. The number of carbonyl (C=O) groups is 3. The van der Waals surface area contributed by atoms with E-state index in [2.05, 4.69) is 38.5 Å². The van der Waals surface area contributed by atoms with Crippen LogP contribution in [0.15, 0.2) is 36.4 Å². The van der Waals surface area contributed by atoms with Crippen molar-refractivity contribution in [1.82, 2.24) is 31.5 Å². The Bertz CT molecular complexity index is 1300. The molecule has 2 aromatic rings. The third-order valence-electron chi connectivity index (χ3n) is 8.89. The number of amides is 3. The third kappa shape index (κ3) is 8.71. The summed E-state index contributed by atoms with van der Waals surface area (Å²) >= 11 is 0. The molecule has 2 aliphatic rings. The molecule has 2 aromatic carbocycles. The molecule has 4 atom stereocenters. The number of nitrogens with one attached hydrogen (secondary N) is 5. The average molecular weight is 609 g/mol. The van der Waals surface area contributed by atoms with Crippen molar-refractivity contribution in [1.29, 1.82) is 0 Å². The van der Waals surface area contributed by atoms with Gasteiger partial charge in [-0.05, 0) is 113 Å². The molecule has 2 heterocycles. The number of hydrogen-bond acceptors (Lipinski definition) is 8. The zero-order chi connectivity index (χ0) is 31.6. The van der Waals surface area contributed by atoms with Gasteiger partial charge in [0, 0.05) is 25.4 Å². The second kappa shape index (κ2) is 15.9. The Morgan fingerprint density at radius 1 is 0.909 bits per heavy atom. The number of hydrogen-bond donors (Lipinski definition) is 7. The zero-order valence-electron chi connectivity index (χ0n) is 26.1. The Morgan fingerprint density at radius 2 is 1.59 bits per heavy atom. The van der Waals surface area contributed by atoms with E-state index in [4.69, 9.17) is 0 Å². The quantitative estimate of drug-likeness (QED) is 0.211. The van der Waals surface area contributed by atoms with E-state index in [1.165, 1.54) is 12.8 Å². The van der Waals surface area contributed by atoms with Crippen molar-refractivity contribution in [3.63, 3.8) is 0 Å². The molecule has 240 valence electrons. The minimum absolute atomic E-state index is 0.0158. The highest BCUT2D eigenvalue weighted by Gasteiger charge is 2.30. The lowest BCUT2D eigenvalue weighted by molar-refractivity contribution is -0.132. The highest BCUT2D eigenvalue weighted by Crippen LogP contribution is 2.31. The summed E-state index contributed by atoms with van der Waals surface area (Å²) in [7, 11) is 5.59. The van der Waals surface area contributed by atoms with Gasteiger partial charge in [-0.2, -0.15) is 0 Å². The Labute approximate surface area is 260 Å². The Morgan fingerprint density at radius 3 is 2.23 bits per heavy atom. The monoisotopic (exact) mass is 608 g/mol. The van der Waals surface area contributed by atoms with Crippen molar-refractivity contribution in [2.45, 2.75) is 75.5 Å². The molecule has 7 N–H and O–H groups in total. The van der Waals surface area contributed by atoms with Crippen LogP contribution < -0.4 is 26.6 Å². The fourth-order valence-electron chi connectivity index (χ4n) is 6.12. The van der Waals surface area contributed by atoms with E-state index in [9.17, 15) is 24.6 Å². The molecule has 1 unspecified atom stereocenters. The van der Waals surface area contributed by atoms with Crippen molar-refractivity contribution in [3.05, 3.63) is 47.5 Å². The maximum Gasteiger partial charge on any atom is 0.243 e. The topological polar surface area (TPSA) is 155 Å². The molecule has 44 heavy (non-hydrogen) atoms. The summed E-state index contributed by atoms with van der Waals surface area (Å²) in [6, 6.07) is 8.15. The van der Waals surface area contributed by atoms with Gasteiger partial charge >= 0.3 is 0 Å². The summed E-state index contributed by atoms with van der Waals surface area (Å²) in [4.78, 5) is 43.1. The van der Waals surface area contributed by atoms with Crippen LogP contribution in [0.1, 0.15) is 49.7 Å². The highest BCUT2D eigenvalue weighted by molar-refractivity contribution is 5.93. The van der Waals surface area contributed by atoms with Crippen LogP contribution in [-0.4, -0.2) is 97.8 Å². The van der Waals surface area contributed by atoms with Gasteiger partial charge in [0.1, 0.15) is 23.6 Å². The van der Waals surface area contributed by atoms with E-state index < -0.39 is 24.0 Å². The molecule has 0 spiro atoms. The first-order valence-electron chi connectivity index (χ1n) is 15.7. The van der Waals surface area contributed by atoms with Crippen LogP contribution in [0.3, 0.4) is 0 Å². The van der Waals surface area contributed by atoms with Crippen molar-refractivity contribution >= 4 is 17.7 Å². The van der Waals surface area contributed by atoms with Gasteiger partial charge in [0.25, 0.3) is 0 Å². The predicted octanol–water partition coefficient (Wildman–Crippen LogP) is 1.41. The summed E-state index contributed by atoms with van der Waals surface area (Å²) in [5.41, 5.74) is 2.63. The normalized spacial score (nSPS) is 23.2. The number of piperidine rings is 1. The van der Waals surface area contributed by atoms with Gasteiger partial charge in [0.2, 0.25) is 17.7 Å². The molecule has 1 saturated heterocycles. The van der Waals surface area contributed by atoms with Crippen LogP contribution in [0.5, 0.6) is 11.5 Å². The molecule has 11 nitrogen and oxygen atoms in total. The predicted molar refractivity (Wildman–Crippen MR) is 170 cm³/mol. The van der Waals surface area contributed by atoms with Gasteiger partial charge in [-0.15, -0.1) is 0 Å². The number of carbonyl (C=O) groups excluding carboxylic acids is 3. The van der Waals surface area contributed by atoms with Gasteiger partial charge in [0.15, 0.2) is 0 Å². The van der Waals surface area contributed by atoms with E-state index in [0.717, 1.165) is 30.5 Å². The number of phenolic OH excluding ortho intramolecular Hbond substituents is 2. The van der Waals surface area contributed by atoms with Gasteiger partial charge < -0.3 is 41.7 Å². The molecule has 11 heteroatoms. The molecule has 0 aliphatic carbocycles. The first kappa shape index (κ1) is 33.2. The Balaban J connectivity index is 1.66. The van der Waals surface area contributed by atoms with Crippen LogP contribution in [0.4, 0.5) is 0 Å². The lowest BCUT2D eigenvalue weighted by Gasteiger charge is -2.32. The molecule has 4 bridgehead atoms. The van der Waals surface area contributed by atoms with Gasteiger partial charge in [-0.3, -0.25) is 14.4 Å². The first-order valence-corrected chi connectivity index (χ1v) is 15.7. The summed E-state index contributed by atoms with van der Waals surface area (Å²) in [6.07, 6.45) is 5.49. The van der Waals surface area contributed by atoms with Crippen LogP contribution in [0.2, 0.25) is 0 Å². The first-order chi connectivity index (χ1) is 21.2. The number of aromatic hydroxyl groups is 2. The lowest BCUT2D eigenvalue weighted by Crippen LogP contribution is -2.57. The molecule has 0 aromatic heterocycles. The summed E-state index contributed by atoms with van der Waals surface area (Å²) in [6.45, 7) is 2.16. The molecule has 2 aliphatic heterocycles. The van der Waals surface area contributed by atoms with E-state index in [1.54, 1.807) is 37.4 Å². The molecule has 4 rings (SSSR count). The molecule has 0 saturated carbocycles. The van der Waals surface area contributed by atoms with E-state index in [-0.39, 0.29) is 36.2 Å². The third-order valence-corrected chi connectivity index (χ3v) is 8.89. The number of likely N-dealkylation sites (N-methyl/N-ethyl adjacent to an activating group) is 1. The number of benzene rings is 2. The standard InChI is InChI=1S/C33H48N6O5/c1-34-14-6-8-26-32(43)38-28(31(42)36-15-13-25-7-4-5-16-39(25)3)20-24-18-22(10-12-30(24)41)21-9-11-29(40)23(17-21)19-27(35-2)33(44)37-26/h9-12,17-18,25-28,34-35,40-41H,4-8,13-16,19-20H2,1-3H3,(H,36,42)(H,37,44)(H,38,43)/t25?,26-,27-,28-/m0/s1. The second-order valence-electron chi connectivity index (χ2n) is 12.0. The fraction of sp³-hybridized carbons (Fsp3) is 0.545.